The molecule has 0 aliphatic rings. The highest BCUT2D eigenvalue weighted by Crippen LogP contribution is 2.20. The molecule has 0 fully saturated rings. The number of methoxy groups -OCH3 is 1. The molecule has 1 unspecified atom stereocenters. The zero-order chi connectivity index (χ0) is 12.1. The Morgan fingerprint density at radius 3 is 2.81 bits per heavy atom. The van der Waals surface area contributed by atoms with Crippen molar-refractivity contribution in [2.75, 3.05) is 13.7 Å². The summed E-state index contributed by atoms with van der Waals surface area (Å²) in [7, 11) is 1.72. The number of nitrogens with zero attached hydrogens (tertiary/aromatic N) is 2. The molecule has 0 radical (unpaired) electrons. The highest BCUT2D eigenvalue weighted by atomic mass is 79.9. The third kappa shape index (κ3) is 3.30. The van der Waals surface area contributed by atoms with Crippen molar-refractivity contribution in [1.29, 1.82) is 0 Å². The average Bonchev–Trinajstić information content (AvgIpc) is 2.56. The fourth-order valence-corrected chi connectivity index (χ4v) is 1.94. The molecule has 0 saturated heterocycles. The molecule has 1 aromatic rings. The summed E-state index contributed by atoms with van der Waals surface area (Å²) in [6.07, 6.45) is 0.234. The number of hydrogen-bond acceptors (Lipinski definition) is 3. The number of ether oxygens (including phenoxy) is 1. The summed E-state index contributed by atoms with van der Waals surface area (Å²) in [5.41, 5.74) is 2.24. The van der Waals surface area contributed by atoms with Crippen molar-refractivity contribution in [3.8, 4) is 0 Å². The van der Waals surface area contributed by atoms with Gasteiger partial charge >= 0.3 is 0 Å². The second kappa shape index (κ2) is 6.37. The van der Waals surface area contributed by atoms with E-state index in [-0.39, 0.29) is 6.10 Å². The Balaban J connectivity index is 2.59. The molecule has 5 heteroatoms. The number of aryl methyl sites for hydroxylation is 2. The smallest absolute Gasteiger partial charge is 0.0739 e. The van der Waals surface area contributed by atoms with Crippen LogP contribution in [0.5, 0.6) is 0 Å². The number of halogens is 1. The molecule has 1 rings (SSSR count). The van der Waals surface area contributed by atoms with Gasteiger partial charge in [0.2, 0.25) is 0 Å². The van der Waals surface area contributed by atoms with E-state index in [4.69, 9.17) is 4.74 Å². The summed E-state index contributed by atoms with van der Waals surface area (Å²) in [6.45, 7) is 8.70. The lowest BCUT2D eigenvalue weighted by Crippen LogP contribution is -2.26. The van der Waals surface area contributed by atoms with Crippen LogP contribution in [0.1, 0.15) is 25.2 Å². The molecule has 0 aliphatic heterocycles. The van der Waals surface area contributed by atoms with Crippen molar-refractivity contribution in [3.63, 3.8) is 0 Å². The topological polar surface area (TPSA) is 39.1 Å². The molecule has 1 atom stereocenters. The lowest BCUT2D eigenvalue weighted by Gasteiger charge is -2.11. The first-order valence-electron chi connectivity index (χ1n) is 5.55. The fraction of sp³-hybridized carbons (Fsp3) is 0.727. The summed E-state index contributed by atoms with van der Waals surface area (Å²) >= 11 is 3.57. The third-order valence-electron chi connectivity index (χ3n) is 2.58. The minimum atomic E-state index is 0.234. The lowest BCUT2D eigenvalue weighted by atomic mass is 10.3. The Morgan fingerprint density at radius 1 is 1.56 bits per heavy atom. The van der Waals surface area contributed by atoms with E-state index in [9.17, 15) is 0 Å². The molecule has 16 heavy (non-hydrogen) atoms. The van der Waals surface area contributed by atoms with Gasteiger partial charge in [-0.15, -0.1) is 0 Å². The van der Waals surface area contributed by atoms with Gasteiger partial charge in [-0.3, -0.25) is 4.68 Å². The van der Waals surface area contributed by atoms with Crippen molar-refractivity contribution in [3.05, 3.63) is 15.9 Å². The molecule has 0 saturated carbocycles. The molecule has 4 nitrogen and oxygen atoms in total. The minimum Gasteiger partial charge on any atom is -0.380 e. The van der Waals surface area contributed by atoms with Crippen LogP contribution in [0, 0.1) is 6.92 Å². The molecule has 1 N–H and O–H groups in total. The van der Waals surface area contributed by atoms with Gasteiger partial charge in [-0.1, -0.05) is 0 Å². The number of hydrogen-bond donors (Lipinski definition) is 1. The van der Waals surface area contributed by atoms with E-state index in [1.54, 1.807) is 7.11 Å². The molecule has 92 valence electrons. The van der Waals surface area contributed by atoms with Crippen LogP contribution in [-0.2, 0) is 17.8 Å². The van der Waals surface area contributed by atoms with E-state index in [0.29, 0.717) is 0 Å². The summed E-state index contributed by atoms with van der Waals surface area (Å²) in [5.74, 6) is 0. The number of nitrogens with one attached hydrogen (secondary N) is 1. The maximum absolute atomic E-state index is 5.18. The van der Waals surface area contributed by atoms with E-state index in [1.807, 2.05) is 18.5 Å². The minimum absolute atomic E-state index is 0.234. The van der Waals surface area contributed by atoms with E-state index in [1.165, 1.54) is 5.69 Å². The molecular formula is C11H20BrN3O. The zero-order valence-electron chi connectivity index (χ0n) is 10.4. The van der Waals surface area contributed by atoms with Gasteiger partial charge in [0.25, 0.3) is 0 Å². The van der Waals surface area contributed by atoms with Gasteiger partial charge < -0.3 is 10.1 Å². The monoisotopic (exact) mass is 289 g/mol. The molecular weight excluding hydrogens is 270 g/mol. The Bertz CT molecular complexity index is 338. The predicted molar refractivity (Wildman–Crippen MR) is 68.5 cm³/mol. The van der Waals surface area contributed by atoms with Crippen molar-refractivity contribution < 1.29 is 4.74 Å². The Labute approximate surface area is 105 Å². The van der Waals surface area contributed by atoms with Gasteiger partial charge in [-0.05, 0) is 36.7 Å². The third-order valence-corrected chi connectivity index (χ3v) is 3.61. The van der Waals surface area contributed by atoms with Gasteiger partial charge in [-0.25, -0.2) is 0 Å². The maximum atomic E-state index is 5.18. The van der Waals surface area contributed by atoms with Crippen LogP contribution >= 0.6 is 15.9 Å². The standard InChI is InChI=1S/C11H20BrN3O/c1-5-15-10(11(12)9(3)14-15)7-13-6-8(2)16-4/h8,13H,5-7H2,1-4H3. The SMILES string of the molecule is CCn1nc(C)c(Br)c1CNCC(C)OC. The molecule has 1 aromatic heterocycles. The van der Waals surface area contributed by atoms with Gasteiger partial charge in [0.05, 0.1) is 22.0 Å². The van der Waals surface area contributed by atoms with Gasteiger partial charge in [0.15, 0.2) is 0 Å². The van der Waals surface area contributed by atoms with Crippen molar-refractivity contribution in [1.82, 2.24) is 15.1 Å². The number of aromatic nitrogens is 2. The average molecular weight is 290 g/mol. The van der Waals surface area contributed by atoms with Crippen molar-refractivity contribution >= 4 is 15.9 Å². The summed E-state index contributed by atoms with van der Waals surface area (Å²) in [5, 5.41) is 7.81. The zero-order valence-corrected chi connectivity index (χ0v) is 12.0. The Kier molecular flexibility index (Phi) is 5.44. The van der Waals surface area contributed by atoms with Gasteiger partial charge in [0.1, 0.15) is 0 Å². The van der Waals surface area contributed by atoms with Crippen LogP contribution in [0.15, 0.2) is 4.47 Å². The molecule has 0 bridgehead atoms. The van der Waals surface area contributed by atoms with E-state index >= 15 is 0 Å². The van der Waals surface area contributed by atoms with Gasteiger partial charge in [0, 0.05) is 26.7 Å². The molecule has 0 spiro atoms. The first-order valence-corrected chi connectivity index (χ1v) is 6.34. The second-order valence-corrected chi connectivity index (χ2v) is 4.63. The van der Waals surface area contributed by atoms with Crippen LogP contribution in [0.2, 0.25) is 0 Å². The van der Waals surface area contributed by atoms with Crippen LogP contribution in [0.25, 0.3) is 0 Å². The molecule has 0 aromatic carbocycles. The Hall–Kier alpha value is -0.390. The van der Waals surface area contributed by atoms with E-state index in [0.717, 1.165) is 29.8 Å². The predicted octanol–water partition coefficient (Wildman–Crippen LogP) is 2.10. The maximum Gasteiger partial charge on any atom is 0.0739 e. The molecule has 0 amide bonds. The van der Waals surface area contributed by atoms with Gasteiger partial charge in [-0.2, -0.15) is 5.10 Å². The lowest BCUT2D eigenvalue weighted by molar-refractivity contribution is 0.117. The Morgan fingerprint density at radius 2 is 2.25 bits per heavy atom. The highest BCUT2D eigenvalue weighted by Gasteiger charge is 2.11. The van der Waals surface area contributed by atoms with Crippen LogP contribution < -0.4 is 5.32 Å². The second-order valence-electron chi connectivity index (χ2n) is 3.84. The highest BCUT2D eigenvalue weighted by molar-refractivity contribution is 9.10. The summed E-state index contributed by atoms with van der Waals surface area (Å²) in [6, 6.07) is 0. The largest absolute Gasteiger partial charge is 0.380 e. The molecule has 1 heterocycles. The van der Waals surface area contributed by atoms with Crippen molar-refractivity contribution in [2.45, 2.75) is 40.0 Å². The van der Waals surface area contributed by atoms with Crippen LogP contribution in [0.3, 0.4) is 0 Å². The quantitative estimate of drug-likeness (QED) is 0.872. The first kappa shape index (κ1) is 13.7. The summed E-state index contributed by atoms with van der Waals surface area (Å²) in [4.78, 5) is 0. The van der Waals surface area contributed by atoms with Crippen molar-refractivity contribution in [2.24, 2.45) is 0 Å². The van der Waals surface area contributed by atoms with Crippen LogP contribution in [-0.4, -0.2) is 29.5 Å². The summed E-state index contributed by atoms with van der Waals surface area (Å²) < 4.78 is 8.30. The van der Waals surface area contributed by atoms with E-state index < -0.39 is 0 Å². The van der Waals surface area contributed by atoms with Crippen LogP contribution in [0.4, 0.5) is 0 Å². The normalized spacial score (nSPS) is 13.1. The number of rotatable bonds is 6. The fourth-order valence-electron chi connectivity index (χ4n) is 1.52. The van der Waals surface area contributed by atoms with E-state index in [2.05, 4.69) is 33.3 Å². The molecule has 0 aliphatic carbocycles. The first-order chi connectivity index (χ1) is 7.60.